The van der Waals surface area contributed by atoms with Gasteiger partial charge in [-0.1, -0.05) is 36.0 Å². The molecule has 1 aliphatic rings. The Labute approximate surface area is 122 Å². The normalized spacial score (nSPS) is 16.2. The Kier molecular flexibility index (Phi) is 3.55. The summed E-state index contributed by atoms with van der Waals surface area (Å²) in [6, 6.07) is 5.60. The Hall–Kier alpha value is -0.990. The lowest BCUT2D eigenvalue weighted by molar-refractivity contribution is 0.418. The van der Waals surface area contributed by atoms with Crippen LogP contribution in [0.1, 0.15) is 37.3 Å². The number of benzene rings is 1. The third-order valence-corrected chi connectivity index (χ3v) is 4.45. The standard InChI is InChI=1S/C15H15Cl2NO/c1-19-13-7-6-10(16)14-11(17)8-12(18-15(13)14)9-4-2-3-5-9/h6-9H,2-5H2,1H3. The third-order valence-electron chi connectivity index (χ3n) is 3.84. The third kappa shape index (κ3) is 2.28. The van der Waals surface area contributed by atoms with Gasteiger partial charge >= 0.3 is 0 Å². The second-order valence-corrected chi connectivity index (χ2v) is 5.80. The minimum Gasteiger partial charge on any atom is -0.494 e. The van der Waals surface area contributed by atoms with Gasteiger partial charge in [-0.25, -0.2) is 4.98 Å². The number of hydrogen-bond donors (Lipinski definition) is 0. The van der Waals surface area contributed by atoms with Gasteiger partial charge < -0.3 is 4.74 Å². The molecule has 1 aromatic carbocycles. The first kappa shape index (κ1) is 13.0. The summed E-state index contributed by atoms with van der Waals surface area (Å²) in [6.07, 6.45) is 4.93. The van der Waals surface area contributed by atoms with Crippen molar-refractivity contribution >= 4 is 34.1 Å². The zero-order chi connectivity index (χ0) is 13.4. The van der Waals surface area contributed by atoms with E-state index in [1.54, 1.807) is 13.2 Å². The van der Waals surface area contributed by atoms with Crippen molar-refractivity contribution in [2.45, 2.75) is 31.6 Å². The molecular weight excluding hydrogens is 281 g/mol. The van der Waals surface area contributed by atoms with Gasteiger partial charge in [0.05, 0.1) is 17.2 Å². The number of hydrogen-bond acceptors (Lipinski definition) is 2. The lowest BCUT2D eigenvalue weighted by Crippen LogP contribution is -1.99. The Bertz CT molecular complexity index is 621. The first-order valence-electron chi connectivity index (χ1n) is 6.53. The second kappa shape index (κ2) is 5.18. The van der Waals surface area contributed by atoms with E-state index in [0.29, 0.717) is 16.0 Å². The van der Waals surface area contributed by atoms with Gasteiger partial charge in [0.15, 0.2) is 0 Å². The van der Waals surface area contributed by atoms with Gasteiger partial charge in [-0.2, -0.15) is 0 Å². The molecule has 0 unspecified atom stereocenters. The summed E-state index contributed by atoms with van der Waals surface area (Å²) in [5.74, 6) is 1.24. The van der Waals surface area contributed by atoms with Crippen LogP contribution in [0.4, 0.5) is 0 Å². The molecule has 4 heteroatoms. The van der Waals surface area contributed by atoms with Crippen LogP contribution in [0.5, 0.6) is 5.75 Å². The minimum absolute atomic E-state index is 0.519. The minimum atomic E-state index is 0.519. The van der Waals surface area contributed by atoms with Crippen molar-refractivity contribution < 1.29 is 4.74 Å². The average Bonchev–Trinajstić information content (AvgIpc) is 2.92. The molecule has 0 bridgehead atoms. The van der Waals surface area contributed by atoms with Crippen LogP contribution in [0.3, 0.4) is 0 Å². The van der Waals surface area contributed by atoms with Gasteiger partial charge in [-0.05, 0) is 31.0 Å². The van der Waals surface area contributed by atoms with E-state index in [-0.39, 0.29) is 0 Å². The molecule has 1 fully saturated rings. The number of pyridine rings is 1. The summed E-state index contributed by atoms with van der Waals surface area (Å²) >= 11 is 12.6. The Morgan fingerprint density at radius 2 is 1.89 bits per heavy atom. The highest BCUT2D eigenvalue weighted by Crippen LogP contribution is 2.39. The van der Waals surface area contributed by atoms with Crippen molar-refractivity contribution in [3.8, 4) is 5.75 Å². The Morgan fingerprint density at radius 1 is 1.16 bits per heavy atom. The molecule has 0 radical (unpaired) electrons. The molecule has 19 heavy (non-hydrogen) atoms. The van der Waals surface area contributed by atoms with Crippen LogP contribution in [0.2, 0.25) is 10.0 Å². The van der Waals surface area contributed by atoms with E-state index < -0.39 is 0 Å². The summed E-state index contributed by atoms with van der Waals surface area (Å²) < 4.78 is 5.38. The maximum Gasteiger partial charge on any atom is 0.145 e. The van der Waals surface area contributed by atoms with E-state index in [9.17, 15) is 0 Å². The highest BCUT2D eigenvalue weighted by Gasteiger charge is 2.21. The first-order valence-corrected chi connectivity index (χ1v) is 7.29. The van der Waals surface area contributed by atoms with Crippen molar-refractivity contribution in [1.82, 2.24) is 4.98 Å². The van der Waals surface area contributed by atoms with E-state index in [1.165, 1.54) is 25.7 Å². The average molecular weight is 296 g/mol. The number of fused-ring (bicyclic) bond motifs is 1. The van der Waals surface area contributed by atoms with Crippen LogP contribution in [-0.4, -0.2) is 12.1 Å². The highest BCUT2D eigenvalue weighted by atomic mass is 35.5. The second-order valence-electron chi connectivity index (χ2n) is 4.98. The Morgan fingerprint density at radius 3 is 2.58 bits per heavy atom. The summed E-state index contributed by atoms with van der Waals surface area (Å²) in [7, 11) is 1.64. The van der Waals surface area contributed by atoms with Crippen LogP contribution in [0.15, 0.2) is 18.2 Å². The maximum atomic E-state index is 6.39. The monoisotopic (exact) mass is 295 g/mol. The molecule has 1 heterocycles. The molecule has 2 aromatic rings. The quantitative estimate of drug-likeness (QED) is 0.759. The summed E-state index contributed by atoms with van der Waals surface area (Å²) in [6.45, 7) is 0. The fourth-order valence-corrected chi connectivity index (χ4v) is 3.45. The predicted octanol–water partition coefficient (Wildman–Crippen LogP) is 5.21. The van der Waals surface area contributed by atoms with E-state index in [4.69, 9.17) is 32.9 Å². The number of rotatable bonds is 2. The number of methoxy groups -OCH3 is 1. The smallest absolute Gasteiger partial charge is 0.145 e. The number of ether oxygens (including phenoxy) is 1. The zero-order valence-corrected chi connectivity index (χ0v) is 12.3. The van der Waals surface area contributed by atoms with Crippen LogP contribution < -0.4 is 4.74 Å². The number of nitrogens with zero attached hydrogens (tertiary/aromatic N) is 1. The predicted molar refractivity (Wildman–Crippen MR) is 79.5 cm³/mol. The van der Waals surface area contributed by atoms with Crippen LogP contribution >= 0.6 is 23.2 Å². The highest BCUT2D eigenvalue weighted by molar-refractivity contribution is 6.42. The van der Waals surface area contributed by atoms with Gasteiger partial charge in [0.2, 0.25) is 0 Å². The molecule has 2 nitrogen and oxygen atoms in total. The summed E-state index contributed by atoms with van der Waals surface area (Å²) in [5.41, 5.74) is 1.83. The van der Waals surface area contributed by atoms with Crippen LogP contribution in [-0.2, 0) is 0 Å². The van der Waals surface area contributed by atoms with Gasteiger partial charge in [0, 0.05) is 17.0 Å². The van der Waals surface area contributed by atoms with Crippen molar-refractivity contribution in [2.24, 2.45) is 0 Å². The number of halogens is 2. The van der Waals surface area contributed by atoms with Crippen LogP contribution in [0, 0.1) is 0 Å². The molecular formula is C15H15Cl2NO. The van der Waals surface area contributed by atoms with E-state index in [1.807, 2.05) is 12.1 Å². The molecule has 0 saturated heterocycles. The number of aromatic nitrogens is 1. The SMILES string of the molecule is COc1ccc(Cl)c2c(Cl)cc(C3CCCC3)nc12. The van der Waals surface area contributed by atoms with E-state index >= 15 is 0 Å². The Balaban J connectivity index is 2.23. The van der Waals surface area contributed by atoms with Crippen molar-refractivity contribution in [1.29, 1.82) is 0 Å². The van der Waals surface area contributed by atoms with Crippen molar-refractivity contribution in [3.63, 3.8) is 0 Å². The molecule has 1 saturated carbocycles. The molecule has 1 aromatic heterocycles. The molecule has 0 spiro atoms. The van der Waals surface area contributed by atoms with Gasteiger partial charge in [0.1, 0.15) is 11.3 Å². The molecule has 100 valence electrons. The van der Waals surface area contributed by atoms with Crippen molar-refractivity contribution in [2.75, 3.05) is 7.11 Å². The fourth-order valence-electron chi connectivity index (χ4n) is 2.84. The van der Waals surface area contributed by atoms with E-state index in [2.05, 4.69) is 0 Å². The van der Waals surface area contributed by atoms with Crippen molar-refractivity contribution in [3.05, 3.63) is 33.9 Å². The van der Waals surface area contributed by atoms with E-state index in [0.717, 1.165) is 22.3 Å². The molecule has 3 rings (SSSR count). The lowest BCUT2D eigenvalue weighted by Gasteiger charge is -2.13. The maximum absolute atomic E-state index is 6.39. The molecule has 0 aliphatic heterocycles. The molecule has 0 N–H and O–H groups in total. The zero-order valence-electron chi connectivity index (χ0n) is 10.7. The van der Waals surface area contributed by atoms with Gasteiger partial charge in [-0.15, -0.1) is 0 Å². The topological polar surface area (TPSA) is 22.1 Å². The summed E-state index contributed by atoms with van der Waals surface area (Å²) in [4.78, 5) is 4.76. The van der Waals surface area contributed by atoms with Crippen LogP contribution in [0.25, 0.3) is 10.9 Å². The molecule has 0 atom stereocenters. The largest absolute Gasteiger partial charge is 0.494 e. The first-order chi connectivity index (χ1) is 9.20. The van der Waals surface area contributed by atoms with Gasteiger partial charge in [-0.3, -0.25) is 0 Å². The lowest BCUT2D eigenvalue weighted by atomic mass is 10.0. The fraction of sp³-hybridized carbons (Fsp3) is 0.400. The summed E-state index contributed by atoms with van der Waals surface area (Å²) in [5, 5.41) is 2.06. The molecule has 1 aliphatic carbocycles. The van der Waals surface area contributed by atoms with Gasteiger partial charge in [0.25, 0.3) is 0 Å². The molecule has 0 amide bonds.